The minimum absolute atomic E-state index is 0.0451. The van der Waals surface area contributed by atoms with E-state index in [4.69, 9.17) is 4.74 Å². The van der Waals surface area contributed by atoms with E-state index in [1.165, 1.54) is 10.9 Å². The Morgan fingerprint density at radius 3 is 2.27 bits per heavy atom. The van der Waals surface area contributed by atoms with Crippen molar-refractivity contribution in [3.63, 3.8) is 0 Å². The second-order valence-electron chi connectivity index (χ2n) is 10.5. The number of ether oxygens (including phenoxy) is 1. The maximum Gasteiger partial charge on any atom is 0.289 e. The Kier molecular flexibility index (Phi) is 10.1. The van der Waals surface area contributed by atoms with Crippen LogP contribution in [0.5, 0.6) is 0 Å². The van der Waals surface area contributed by atoms with Crippen LogP contribution in [0.3, 0.4) is 0 Å². The molecule has 0 bridgehead atoms. The Morgan fingerprint density at radius 2 is 1.64 bits per heavy atom. The molecule has 13 heteroatoms. The number of carbonyl (C=O) groups excluding carboxylic acids is 2. The summed E-state index contributed by atoms with van der Waals surface area (Å²) in [6.07, 6.45) is -3.30. The Labute approximate surface area is 255 Å². The van der Waals surface area contributed by atoms with E-state index in [1.807, 2.05) is 43.4 Å². The van der Waals surface area contributed by atoms with Crippen molar-refractivity contribution in [1.82, 2.24) is 35.5 Å². The number of hydrogen-bond acceptors (Lipinski definition) is 10. The van der Waals surface area contributed by atoms with Crippen molar-refractivity contribution >= 4 is 28.8 Å². The Balaban J connectivity index is 1.50. The van der Waals surface area contributed by atoms with E-state index >= 15 is 0 Å². The normalized spacial score (nSPS) is 19.8. The lowest BCUT2D eigenvalue weighted by Crippen LogP contribution is -2.42. The predicted molar refractivity (Wildman–Crippen MR) is 164 cm³/mol. The number of aromatic nitrogens is 4. The lowest BCUT2D eigenvalue weighted by molar-refractivity contribution is -0.137. The van der Waals surface area contributed by atoms with Crippen LogP contribution >= 0.6 is 0 Å². The number of amides is 2. The number of nitrogens with zero attached hydrogens (tertiary/aromatic N) is 4. The maximum atomic E-state index is 13.2. The van der Waals surface area contributed by atoms with Crippen LogP contribution in [0.1, 0.15) is 47.2 Å². The summed E-state index contributed by atoms with van der Waals surface area (Å²) in [7, 11) is 1.84. The van der Waals surface area contributed by atoms with Crippen molar-refractivity contribution in [1.29, 1.82) is 0 Å². The van der Waals surface area contributed by atoms with E-state index in [0.29, 0.717) is 37.4 Å². The number of anilines is 1. The third-order valence-electron chi connectivity index (χ3n) is 7.51. The number of nitrogens with one attached hydrogen (secondary N) is 4. The molecule has 1 saturated heterocycles. The van der Waals surface area contributed by atoms with Gasteiger partial charge < -0.3 is 36.2 Å². The molecular weight excluding hydrogens is 564 g/mol. The molecule has 3 heterocycles. The SMILES string of the molecule is CCNC(=O)[C@H]1O[C@@H](n2cnc3c(NCC(c4ccccc4)c4ccccc4)nc(C(=O)NCCCNC)nc32)[C@H](O)[C@@H]1O. The van der Waals surface area contributed by atoms with Gasteiger partial charge in [0.2, 0.25) is 5.82 Å². The molecule has 1 fully saturated rings. The highest BCUT2D eigenvalue weighted by molar-refractivity contribution is 5.94. The molecule has 0 aliphatic carbocycles. The van der Waals surface area contributed by atoms with Crippen LogP contribution in [0.25, 0.3) is 11.2 Å². The van der Waals surface area contributed by atoms with Crippen molar-refractivity contribution in [2.45, 2.75) is 43.8 Å². The van der Waals surface area contributed by atoms with Crippen LogP contribution < -0.4 is 21.3 Å². The van der Waals surface area contributed by atoms with Crippen molar-refractivity contribution < 1.29 is 24.5 Å². The van der Waals surface area contributed by atoms with Crippen LogP contribution in [0.4, 0.5) is 5.82 Å². The van der Waals surface area contributed by atoms with Gasteiger partial charge >= 0.3 is 0 Å². The molecule has 0 saturated carbocycles. The van der Waals surface area contributed by atoms with E-state index < -0.39 is 36.4 Å². The molecule has 232 valence electrons. The molecule has 0 spiro atoms. The molecule has 5 rings (SSSR count). The number of aliphatic hydroxyl groups is 2. The fourth-order valence-corrected chi connectivity index (χ4v) is 5.25. The van der Waals surface area contributed by atoms with Crippen molar-refractivity contribution in [3.8, 4) is 0 Å². The Morgan fingerprint density at radius 1 is 0.955 bits per heavy atom. The number of hydrogen-bond donors (Lipinski definition) is 6. The molecule has 2 aromatic carbocycles. The number of rotatable bonds is 13. The quantitative estimate of drug-likeness (QED) is 0.122. The standard InChI is InChI=1S/C31H38N8O5/c1-3-33-29(42)25-23(40)24(41)31(44-25)39-18-36-22-26(37-27(38-28(22)39)30(43)34-16-10-15-32-2)35-17-21(19-11-6-4-7-12-19)20-13-8-5-9-14-20/h4-9,11-14,18,21,23-25,31-32,40-41H,3,10,15-17H2,1-2H3,(H,33,42)(H,34,43)(H,35,37,38)/t23-,24+,25-,31+/m0/s1. The van der Waals surface area contributed by atoms with Gasteiger partial charge in [0.05, 0.1) is 6.33 Å². The maximum absolute atomic E-state index is 13.2. The summed E-state index contributed by atoms with van der Waals surface area (Å²) in [5, 5.41) is 33.4. The van der Waals surface area contributed by atoms with E-state index in [2.05, 4.69) is 60.5 Å². The van der Waals surface area contributed by atoms with Crippen molar-refractivity contribution in [3.05, 3.63) is 83.9 Å². The third kappa shape index (κ3) is 6.70. The molecule has 1 aliphatic rings. The molecule has 2 aromatic heterocycles. The summed E-state index contributed by atoms with van der Waals surface area (Å²) >= 11 is 0. The summed E-state index contributed by atoms with van der Waals surface area (Å²) in [6.45, 7) is 3.65. The average Bonchev–Trinajstić information content (AvgIpc) is 3.60. The molecule has 0 unspecified atom stereocenters. The number of likely N-dealkylation sites (N-methyl/N-ethyl adjacent to an activating group) is 1. The zero-order valence-electron chi connectivity index (χ0n) is 24.7. The first kappa shape index (κ1) is 31.0. The first-order valence-electron chi connectivity index (χ1n) is 14.7. The lowest BCUT2D eigenvalue weighted by Gasteiger charge is -2.20. The smallest absolute Gasteiger partial charge is 0.289 e. The van der Waals surface area contributed by atoms with Gasteiger partial charge in [-0.05, 0) is 38.1 Å². The van der Waals surface area contributed by atoms with Gasteiger partial charge in [0, 0.05) is 25.6 Å². The zero-order chi connectivity index (χ0) is 31.1. The van der Waals surface area contributed by atoms with Gasteiger partial charge in [0.25, 0.3) is 11.8 Å². The largest absolute Gasteiger partial charge is 0.387 e. The highest BCUT2D eigenvalue weighted by atomic mass is 16.6. The average molecular weight is 603 g/mol. The van der Waals surface area contributed by atoms with Gasteiger partial charge in [-0.15, -0.1) is 0 Å². The molecule has 44 heavy (non-hydrogen) atoms. The molecular formula is C31H38N8O5. The molecule has 4 atom stereocenters. The second-order valence-corrected chi connectivity index (χ2v) is 10.5. The van der Waals surface area contributed by atoms with E-state index in [-0.39, 0.29) is 17.4 Å². The third-order valence-corrected chi connectivity index (χ3v) is 7.51. The number of benzene rings is 2. The summed E-state index contributed by atoms with van der Waals surface area (Å²) in [6, 6.07) is 20.1. The zero-order valence-corrected chi connectivity index (χ0v) is 24.7. The van der Waals surface area contributed by atoms with Gasteiger partial charge in [0.1, 0.15) is 12.2 Å². The Bertz CT molecular complexity index is 1510. The summed E-state index contributed by atoms with van der Waals surface area (Å²) in [5.74, 6) is -0.849. The fourth-order valence-electron chi connectivity index (χ4n) is 5.25. The number of aliphatic hydroxyl groups excluding tert-OH is 2. The van der Waals surface area contributed by atoms with Gasteiger partial charge in [0.15, 0.2) is 29.3 Å². The number of fused-ring (bicyclic) bond motifs is 1. The van der Waals surface area contributed by atoms with Gasteiger partial charge in [-0.3, -0.25) is 14.2 Å². The topological polar surface area (TPSA) is 176 Å². The summed E-state index contributed by atoms with van der Waals surface area (Å²) in [5.41, 5.74) is 2.73. The minimum atomic E-state index is -1.48. The minimum Gasteiger partial charge on any atom is -0.387 e. The van der Waals surface area contributed by atoms with Gasteiger partial charge in [-0.25, -0.2) is 15.0 Å². The summed E-state index contributed by atoms with van der Waals surface area (Å²) in [4.78, 5) is 39.2. The molecule has 1 aliphatic heterocycles. The highest BCUT2D eigenvalue weighted by Gasteiger charge is 2.47. The van der Waals surface area contributed by atoms with E-state index in [9.17, 15) is 19.8 Å². The molecule has 6 N–H and O–H groups in total. The van der Waals surface area contributed by atoms with Gasteiger partial charge in [-0.1, -0.05) is 60.7 Å². The Hall–Kier alpha value is -4.43. The van der Waals surface area contributed by atoms with Crippen LogP contribution in [0.2, 0.25) is 0 Å². The van der Waals surface area contributed by atoms with Crippen LogP contribution in [0, 0.1) is 0 Å². The lowest BCUT2D eigenvalue weighted by atomic mass is 9.91. The van der Waals surface area contributed by atoms with E-state index in [0.717, 1.165) is 17.7 Å². The molecule has 13 nitrogen and oxygen atoms in total. The predicted octanol–water partition coefficient (Wildman–Crippen LogP) is 1.16. The molecule has 0 radical (unpaired) electrons. The molecule has 4 aromatic rings. The van der Waals surface area contributed by atoms with E-state index in [1.54, 1.807) is 6.92 Å². The second kappa shape index (κ2) is 14.4. The monoisotopic (exact) mass is 602 g/mol. The van der Waals surface area contributed by atoms with Crippen molar-refractivity contribution in [2.24, 2.45) is 0 Å². The van der Waals surface area contributed by atoms with Crippen molar-refractivity contribution in [2.75, 3.05) is 38.5 Å². The fraction of sp³-hybridized carbons (Fsp3) is 0.387. The number of carbonyl (C=O) groups is 2. The first-order valence-corrected chi connectivity index (χ1v) is 14.7. The van der Waals surface area contributed by atoms with Crippen LogP contribution in [-0.4, -0.2) is 93.1 Å². The molecule has 2 amide bonds. The first-order chi connectivity index (χ1) is 21.4. The number of imidazole rings is 1. The summed E-state index contributed by atoms with van der Waals surface area (Å²) < 4.78 is 7.24. The van der Waals surface area contributed by atoms with Crippen LogP contribution in [-0.2, 0) is 9.53 Å². The van der Waals surface area contributed by atoms with Gasteiger partial charge in [-0.2, -0.15) is 0 Å². The van der Waals surface area contributed by atoms with Crippen LogP contribution in [0.15, 0.2) is 67.0 Å². The highest BCUT2D eigenvalue weighted by Crippen LogP contribution is 2.33.